The maximum absolute atomic E-state index is 13.8. The molecule has 0 fully saturated rings. The van der Waals surface area contributed by atoms with Crippen LogP contribution in [-0.2, 0) is 0 Å². The molecule has 2 aromatic rings. The number of nitrogens with one attached hydrogen (secondary N) is 1. The fraction of sp³-hybridized carbons (Fsp3) is 0.308. The molecule has 0 saturated carbocycles. The molecule has 0 saturated heterocycles. The quantitative estimate of drug-likeness (QED) is 0.852. The Hall–Kier alpha value is -1.75. The zero-order valence-electron chi connectivity index (χ0n) is 10.1. The van der Waals surface area contributed by atoms with Gasteiger partial charge in [-0.25, -0.2) is 4.39 Å². The van der Waals surface area contributed by atoms with Gasteiger partial charge >= 0.3 is 0 Å². The predicted molar refractivity (Wildman–Crippen MR) is 63.6 cm³/mol. The van der Waals surface area contributed by atoms with Crippen LogP contribution in [0.15, 0.2) is 22.6 Å². The van der Waals surface area contributed by atoms with Gasteiger partial charge in [0.25, 0.3) is 6.01 Å². The molecule has 0 bridgehead atoms. The van der Waals surface area contributed by atoms with Crippen molar-refractivity contribution in [1.82, 2.24) is 5.32 Å². The number of rotatable bonds is 4. The fourth-order valence-corrected chi connectivity index (χ4v) is 1.92. The van der Waals surface area contributed by atoms with Crippen LogP contribution in [0, 0.1) is 11.8 Å². The largest absolute Gasteiger partial charge is 0.431 e. The number of hydrogen-bond donors (Lipinski definition) is 1. The lowest BCUT2D eigenvalue weighted by Crippen LogP contribution is -2.33. The van der Waals surface area contributed by atoms with Crippen LogP contribution in [-0.4, -0.2) is 18.9 Å². The average Bonchev–Trinajstić information content (AvgIpc) is 2.68. The molecule has 1 heterocycles. The summed E-state index contributed by atoms with van der Waals surface area (Å²) in [6.07, 6.45) is 0.541. The normalized spacial score (nSPS) is 12.9. The molecule has 5 heteroatoms. The third-order valence-electron chi connectivity index (χ3n) is 2.91. The van der Waals surface area contributed by atoms with Gasteiger partial charge in [0.2, 0.25) is 0 Å². The summed E-state index contributed by atoms with van der Waals surface area (Å²) in [4.78, 5) is 12.0. The second-order valence-electron chi connectivity index (χ2n) is 4.03. The molecule has 0 aliphatic rings. The van der Waals surface area contributed by atoms with Crippen molar-refractivity contribution >= 4 is 16.8 Å². The summed E-state index contributed by atoms with van der Waals surface area (Å²) in [5, 5.41) is 3.11. The molecule has 18 heavy (non-hydrogen) atoms. The van der Waals surface area contributed by atoms with E-state index in [0.717, 1.165) is 12.1 Å². The number of benzene rings is 1. The van der Waals surface area contributed by atoms with Crippen LogP contribution < -0.4 is 5.32 Å². The summed E-state index contributed by atoms with van der Waals surface area (Å²) in [5.74, 6) is -1.03. The van der Waals surface area contributed by atoms with Crippen LogP contribution in [0.5, 0.6) is 0 Å². The SMILES string of the molecule is CCC(NC)C(=O)c1cc2oc(F)cc2cc1F. The zero-order chi connectivity index (χ0) is 13.3. The van der Waals surface area contributed by atoms with E-state index in [-0.39, 0.29) is 16.9 Å². The van der Waals surface area contributed by atoms with Gasteiger partial charge < -0.3 is 9.73 Å². The Kier molecular flexibility index (Phi) is 3.43. The molecular weight excluding hydrogens is 240 g/mol. The van der Waals surface area contributed by atoms with Gasteiger partial charge in [0, 0.05) is 11.5 Å². The number of carbonyl (C=O) groups excluding carboxylic acids is 1. The van der Waals surface area contributed by atoms with Crippen LogP contribution in [0.2, 0.25) is 0 Å². The standard InChI is InChI=1S/C13H13F2NO2/c1-3-10(16-2)13(17)8-6-11-7(4-9(8)14)5-12(15)18-11/h4-6,10,16H,3H2,1-2H3. The van der Waals surface area contributed by atoms with E-state index in [9.17, 15) is 13.6 Å². The smallest absolute Gasteiger partial charge is 0.278 e. The van der Waals surface area contributed by atoms with Gasteiger partial charge in [-0.3, -0.25) is 4.79 Å². The van der Waals surface area contributed by atoms with E-state index in [1.807, 2.05) is 6.92 Å². The van der Waals surface area contributed by atoms with Crippen molar-refractivity contribution in [3.05, 3.63) is 35.6 Å². The van der Waals surface area contributed by atoms with Gasteiger partial charge in [-0.2, -0.15) is 4.39 Å². The van der Waals surface area contributed by atoms with Gasteiger partial charge in [-0.1, -0.05) is 6.92 Å². The molecule has 1 aromatic carbocycles. The van der Waals surface area contributed by atoms with Gasteiger partial charge in [0.05, 0.1) is 11.6 Å². The molecular formula is C13H13F2NO2. The van der Waals surface area contributed by atoms with Crippen molar-refractivity contribution in [2.24, 2.45) is 0 Å². The van der Waals surface area contributed by atoms with Crippen LogP contribution in [0.4, 0.5) is 8.78 Å². The number of halogens is 2. The average molecular weight is 253 g/mol. The second kappa shape index (κ2) is 4.86. The van der Waals surface area contributed by atoms with E-state index in [1.54, 1.807) is 7.05 Å². The minimum Gasteiger partial charge on any atom is -0.431 e. The monoisotopic (exact) mass is 253 g/mol. The summed E-state index contributed by atoms with van der Waals surface area (Å²) >= 11 is 0. The Morgan fingerprint density at radius 1 is 1.39 bits per heavy atom. The van der Waals surface area contributed by atoms with Crippen LogP contribution in [0.1, 0.15) is 23.7 Å². The van der Waals surface area contributed by atoms with Gasteiger partial charge in [-0.15, -0.1) is 0 Å². The third-order valence-corrected chi connectivity index (χ3v) is 2.91. The zero-order valence-corrected chi connectivity index (χ0v) is 10.1. The third kappa shape index (κ3) is 2.13. The van der Waals surface area contributed by atoms with Crippen molar-refractivity contribution in [3.63, 3.8) is 0 Å². The van der Waals surface area contributed by atoms with E-state index in [0.29, 0.717) is 11.8 Å². The first-order valence-electron chi connectivity index (χ1n) is 5.67. The van der Waals surface area contributed by atoms with E-state index in [2.05, 4.69) is 5.32 Å². The van der Waals surface area contributed by atoms with E-state index < -0.39 is 17.9 Å². The van der Waals surface area contributed by atoms with E-state index in [1.165, 1.54) is 6.07 Å². The van der Waals surface area contributed by atoms with Crippen molar-refractivity contribution < 1.29 is 18.0 Å². The first kappa shape index (κ1) is 12.7. The molecule has 0 aliphatic heterocycles. The highest BCUT2D eigenvalue weighted by molar-refractivity contribution is 6.02. The summed E-state index contributed by atoms with van der Waals surface area (Å²) in [6.45, 7) is 1.82. The molecule has 0 amide bonds. The molecule has 1 N–H and O–H groups in total. The Morgan fingerprint density at radius 3 is 2.72 bits per heavy atom. The van der Waals surface area contributed by atoms with Gasteiger partial charge in [0.15, 0.2) is 5.78 Å². The highest BCUT2D eigenvalue weighted by atomic mass is 19.1. The Bertz CT molecular complexity index is 588. The molecule has 1 atom stereocenters. The second-order valence-corrected chi connectivity index (χ2v) is 4.03. The molecule has 1 aromatic heterocycles. The van der Waals surface area contributed by atoms with Crippen molar-refractivity contribution in [2.45, 2.75) is 19.4 Å². The number of likely N-dealkylation sites (N-methyl/N-ethyl adjacent to an activating group) is 1. The minimum absolute atomic E-state index is 0.0851. The van der Waals surface area contributed by atoms with Gasteiger partial charge in [-0.05, 0) is 25.6 Å². The lowest BCUT2D eigenvalue weighted by Gasteiger charge is -2.12. The van der Waals surface area contributed by atoms with Crippen molar-refractivity contribution in [2.75, 3.05) is 7.05 Å². The number of furan rings is 1. The Balaban J connectivity index is 2.49. The van der Waals surface area contributed by atoms with Crippen LogP contribution in [0.3, 0.4) is 0 Å². The highest BCUT2D eigenvalue weighted by Crippen LogP contribution is 2.23. The summed E-state index contributed by atoms with van der Waals surface area (Å²) in [7, 11) is 1.63. The first-order valence-corrected chi connectivity index (χ1v) is 5.67. The van der Waals surface area contributed by atoms with Gasteiger partial charge in [0.1, 0.15) is 11.4 Å². The van der Waals surface area contributed by atoms with E-state index in [4.69, 9.17) is 4.42 Å². The number of Topliss-reactive ketones (excluding diaryl/α,β-unsaturated/α-hetero) is 1. The number of hydrogen-bond acceptors (Lipinski definition) is 3. The summed E-state index contributed by atoms with van der Waals surface area (Å²) in [6, 6.07) is 2.18. The maximum Gasteiger partial charge on any atom is 0.278 e. The van der Waals surface area contributed by atoms with Crippen LogP contribution >= 0.6 is 0 Å². The lowest BCUT2D eigenvalue weighted by atomic mass is 10.0. The molecule has 2 rings (SSSR count). The minimum atomic E-state index is -0.797. The maximum atomic E-state index is 13.8. The first-order chi connectivity index (χ1) is 8.56. The van der Waals surface area contributed by atoms with E-state index >= 15 is 0 Å². The Labute approximate surface area is 103 Å². The fourth-order valence-electron chi connectivity index (χ4n) is 1.92. The molecule has 0 radical (unpaired) electrons. The predicted octanol–water partition coefficient (Wildman–Crippen LogP) is 2.89. The molecule has 3 nitrogen and oxygen atoms in total. The number of fused-ring (bicyclic) bond motifs is 1. The lowest BCUT2D eigenvalue weighted by molar-refractivity contribution is 0.0941. The number of carbonyl (C=O) groups is 1. The summed E-state index contributed by atoms with van der Waals surface area (Å²) < 4.78 is 31.4. The number of ketones is 1. The molecule has 96 valence electrons. The topological polar surface area (TPSA) is 42.2 Å². The van der Waals surface area contributed by atoms with Crippen molar-refractivity contribution in [1.29, 1.82) is 0 Å². The molecule has 0 aliphatic carbocycles. The molecule has 0 spiro atoms. The molecule has 1 unspecified atom stereocenters. The summed E-state index contributed by atoms with van der Waals surface area (Å²) in [5.41, 5.74) is 0.0845. The van der Waals surface area contributed by atoms with Crippen molar-refractivity contribution in [3.8, 4) is 0 Å². The Morgan fingerprint density at radius 2 is 2.11 bits per heavy atom. The highest BCUT2D eigenvalue weighted by Gasteiger charge is 2.21. The van der Waals surface area contributed by atoms with Crippen LogP contribution in [0.25, 0.3) is 11.0 Å².